The normalized spacial score (nSPS) is 14.7. The molecule has 1 aliphatic rings. The zero-order valence-electron chi connectivity index (χ0n) is 15.9. The van der Waals surface area contributed by atoms with Crippen molar-refractivity contribution in [3.05, 3.63) is 59.1 Å². The molecule has 0 saturated carbocycles. The van der Waals surface area contributed by atoms with E-state index in [0.717, 1.165) is 37.7 Å². The van der Waals surface area contributed by atoms with E-state index in [9.17, 15) is 0 Å². The Morgan fingerprint density at radius 1 is 0.966 bits per heavy atom. The zero-order chi connectivity index (χ0) is 20.1. The van der Waals surface area contributed by atoms with Crippen molar-refractivity contribution in [1.29, 1.82) is 0 Å². The van der Waals surface area contributed by atoms with E-state index >= 15 is 0 Å². The molecule has 0 unspecified atom stereocenters. The van der Waals surface area contributed by atoms with Gasteiger partial charge in [-0.2, -0.15) is 15.0 Å². The van der Waals surface area contributed by atoms with Crippen LogP contribution in [0.5, 0.6) is 0 Å². The van der Waals surface area contributed by atoms with Crippen LogP contribution in [0.15, 0.2) is 42.7 Å². The molecule has 9 nitrogen and oxygen atoms in total. The third kappa shape index (κ3) is 5.27. The summed E-state index contributed by atoms with van der Waals surface area (Å²) in [4.78, 5) is 26.1. The number of halogens is 1. The molecule has 3 N–H and O–H groups in total. The van der Waals surface area contributed by atoms with E-state index in [-0.39, 0.29) is 5.95 Å². The van der Waals surface area contributed by atoms with Gasteiger partial charge in [0.1, 0.15) is 5.82 Å². The topological polar surface area (TPSA) is 109 Å². The Hall–Kier alpha value is -3.04. The molecular weight excluding hydrogens is 390 g/mol. The van der Waals surface area contributed by atoms with Crippen LogP contribution < -0.4 is 16.0 Å². The molecular formula is C19H22ClN9. The molecule has 4 rings (SSSR count). The van der Waals surface area contributed by atoms with Gasteiger partial charge in [-0.05, 0) is 23.8 Å². The SMILES string of the molecule is Nc1nc(CN2CCN(c3ncccn3)CC2)nc(NCc2ccc(Cl)cc2)n1. The van der Waals surface area contributed by atoms with E-state index in [1.807, 2.05) is 30.3 Å². The summed E-state index contributed by atoms with van der Waals surface area (Å²) in [5, 5.41) is 3.91. The smallest absolute Gasteiger partial charge is 0.228 e. The lowest BCUT2D eigenvalue weighted by atomic mass is 10.2. The van der Waals surface area contributed by atoms with Gasteiger partial charge < -0.3 is 16.0 Å². The lowest BCUT2D eigenvalue weighted by Gasteiger charge is -2.34. The van der Waals surface area contributed by atoms with Gasteiger partial charge in [-0.1, -0.05) is 23.7 Å². The van der Waals surface area contributed by atoms with Crippen LogP contribution in [0.2, 0.25) is 5.02 Å². The van der Waals surface area contributed by atoms with Crippen LogP contribution in [0.25, 0.3) is 0 Å². The number of nitrogens with two attached hydrogens (primary N) is 1. The van der Waals surface area contributed by atoms with Crippen molar-refractivity contribution in [2.24, 2.45) is 0 Å². The first kappa shape index (κ1) is 19.3. The van der Waals surface area contributed by atoms with E-state index in [1.165, 1.54) is 0 Å². The maximum atomic E-state index is 5.92. The summed E-state index contributed by atoms with van der Waals surface area (Å²) in [6.45, 7) is 4.65. The quantitative estimate of drug-likeness (QED) is 0.627. The molecule has 29 heavy (non-hydrogen) atoms. The minimum Gasteiger partial charge on any atom is -0.368 e. The number of aromatic nitrogens is 5. The van der Waals surface area contributed by atoms with Crippen LogP contribution in [-0.4, -0.2) is 56.0 Å². The summed E-state index contributed by atoms with van der Waals surface area (Å²) in [7, 11) is 0. The molecule has 0 aliphatic carbocycles. The first-order valence-electron chi connectivity index (χ1n) is 9.39. The van der Waals surface area contributed by atoms with Gasteiger partial charge in [-0.15, -0.1) is 0 Å². The first-order chi connectivity index (χ1) is 14.2. The number of hydrogen-bond donors (Lipinski definition) is 2. The second-order valence-corrected chi connectivity index (χ2v) is 7.16. The molecule has 1 fully saturated rings. The highest BCUT2D eigenvalue weighted by molar-refractivity contribution is 6.30. The molecule has 2 aromatic heterocycles. The molecule has 3 heterocycles. The Balaban J connectivity index is 1.34. The Morgan fingerprint density at radius 2 is 1.69 bits per heavy atom. The summed E-state index contributed by atoms with van der Waals surface area (Å²) >= 11 is 5.92. The molecule has 150 valence electrons. The van der Waals surface area contributed by atoms with Crippen molar-refractivity contribution in [2.75, 3.05) is 42.1 Å². The fraction of sp³-hybridized carbons (Fsp3) is 0.316. The van der Waals surface area contributed by atoms with Gasteiger partial charge in [0.25, 0.3) is 0 Å². The lowest BCUT2D eigenvalue weighted by molar-refractivity contribution is 0.243. The van der Waals surface area contributed by atoms with E-state index in [1.54, 1.807) is 12.4 Å². The number of nitrogens with zero attached hydrogens (tertiary/aromatic N) is 7. The number of nitrogens with one attached hydrogen (secondary N) is 1. The second kappa shape index (κ2) is 8.97. The van der Waals surface area contributed by atoms with Gasteiger partial charge in [-0.3, -0.25) is 4.90 Å². The number of anilines is 3. The Labute approximate surface area is 174 Å². The molecule has 0 radical (unpaired) electrons. The maximum Gasteiger partial charge on any atom is 0.228 e. The number of nitrogen functional groups attached to an aromatic ring is 1. The van der Waals surface area contributed by atoms with Crippen LogP contribution in [0, 0.1) is 0 Å². The van der Waals surface area contributed by atoms with Crippen LogP contribution in [-0.2, 0) is 13.1 Å². The van der Waals surface area contributed by atoms with E-state index in [4.69, 9.17) is 17.3 Å². The molecule has 0 bridgehead atoms. The standard InChI is InChI=1S/C19H22ClN9/c20-15-4-2-14(3-5-15)12-24-18-26-16(25-17(21)27-18)13-28-8-10-29(11-9-28)19-22-6-1-7-23-19/h1-7H,8-13H2,(H3,21,24,25,26,27). The minimum atomic E-state index is 0.213. The van der Waals surface area contributed by atoms with Gasteiger partial charge in [-0.25, -0.2) is 9.97 Å². The largest absolute Gasteiger partial charge is 0.368 e. The van der Waals surface area contributed by atoms with Crippen LogP contribution >= 0.6 is 11.6 Å². The van der Waals surface area contributed by atoms with Gasteiger partial charge in [0.2, 0.25) is 17.8 Å². The summed E-state index contributed by atoms with van der Waals surface area (Å²) in [5.41, 5.74) is 6.97. The van der Waals surface area contributed by atoms with Crippen molar-refractivity contribution in [2.45, 2.75) is 13.1 Å². The summed E-state index contributed by atoms with van der Waals surface area (Å²) in [6.07, 6.45) is 3.53. The second-order valence-electron chi connectivity index (χ2n) is 6.73. The maximum absolute atomic E-state index is 5.92. The Morgan fingerprint density at radius 3 is 2.41 bits per heavy atom. The average molecular weight is 412 g/mol. The monoisotopic (exact) mass is 411 g/mol. The van der Waals surface area contributed by atoms with Gasteiger partial charge in [0.15, 0.2) is 0 Å². The molecule has 0 amide bonds. The van der Waals surface area contributed by atoms with Crippen LogP contribution in [0.1, 0.15) is 11.4 Å². The predicted octanol–water partition coefficient (Wildman–Crippen LogP) is 1.83. The fourth-order valence-corrected chi connectivity index (χ4v) is 3.26. The highest BCUT2D eigenvalue weighted by Gasteiger charge is 2.20. The third-order valence-corrected chi connectivity index (χ3v) is 4.89. The molecule has 1 aliphatic heterocycles. The van der Waals surface area contributed by atoms with E-state index < -0.39 is 0 Å². The highest BCUT2D eigenvalue weighted by atomic mass is 35.5. The summed E-state index contributed by atoms with van der Waals surface area (Å²) in [5.74, 6) is 2.11. The number of hydrogen-bond acceptors (Lipinski definition) is 9. The number of rotatable bonds is 6. The highest BCUT2D eigenvalue weighted by Crippen LogP contribution is 2.14. The first-order valence-corrected chi connectivity index (χ1v) is 9.76. The van der Waals surface area contributed by atoms with Crippen molar-refractivity contribution in [1.82, 2.24) is 29.8 Å². The number of benzene rings is 1. The van der Waals surface area contributed by atoms with Crippen LogP contribution in [0.3, 0.4) is 0 Å². The Kier molecular flexibility index (Phi) is 5.97. The lowest BCUT2D eigenvalue weighted by Crippen LogP contribution is -2.46. The van der Waals surface area contributed by atoms with Crippen LogP contribution in [0.4, 0.5) is 17.8 Å². The predicted molar refractivity (Wildman–Crippen MR) is 113 cm³/mol. The third-order valence-electron chi connectivity index (χ3n) is 4.64. The summed E-state index contributed by atoms with van der Waals surface area (Å²) < 4.78 is 0. The fourth-order valence-electron chi connectivity index (χ4n) is 3.13. The van der Waals surface area contributed by atoms with Crippen molar-refractivity contribution in [3.8, 4) is 0 Å². The molecule has 1 aromatic carbocycles. The molecule has 1 saturated heterocycles. The van der Waals surface area contributed by atoms with Gasteiger partial charge in [0.05, 0.1) is 6.54 Å². The molecule has 0 spiro atoms. The molecule has 3 aromatic rings. The molecule has 0 atom stereocenters. The van der Waals surface area contributed by atoms with E-state index in [0.29, 0.717) is 29.9 Å². The number of piperazine rings is 1. The van der Waals surface area contributed by atoms with Gasteiger partial charge >= 0.3 is 0 Å². The van der Waals surface area contributed by atoms with Crippen molar-refractivity contribution >= 4 is 29.4 Å². The van der Waals surface area contributed by atoms with Gasteiger partial charge in [0, 0.05) is 50.1 Å². The van der Waals surface area contributed by atoms with E-state index in [2.05, 4.69) is 40.0 Å². The zero-order valence-corrected chi connectivity index (χ0v) is 16.6. The van der Waals surface area contributed by atoms with Crippen molar-refractivity contribution in [3.63, 3.8) is 0 Å². The summed E-state index contributed by atoms with van der Waals surface area (Å²) in [6, 6.07) is 9.44. The molecule has 10 heteroatoms. The Bertz CT molecular complexity index is 928. The average Bonchev–Trinajstić information content (AvgIpc) is 2.74. The minimum absolute atomic E-state index is 0.213. The van der Waals surface area contributed by atoms with Crippen molar-refractivity contribution < 1.29 is 0 Å².